The van der Waals surface area contributed by atoms with E-state index in [4.69, 9.17) is 9.47 Å². The van der Waals surface area contributed by atoms with E-state index in [0.717, 1.165) is 32.4 Å². The summed E-state index contributed by atoms with van der Waals surface area (Å²) in [6, 6.07) is 13.8. The molecular formula is C20H17N5O2S. The molecule has 1 aliphatic heterocycles. The Bertz CT molecular complexity index is 1180. The minimum absolute atomic E-state index is 0.314. The molecule has 28 heavy (non-hydrogen) atoms. The van der Waals surface area contributed by atoms with Crippen LogP contribution in [0.2, 0.25) is 0 Å². The van der Waals surface area contributed by atoms with E-state index in [1.165, 1.54) is 11.8 Å². The van der Waals surface area contributed by atoms with Crippen molar-refractivity contribution in [1.82, 2.24) is 24.7 Å². The van der Waals surface area contributed by atoms with E-state index in [1.54, 1.807) is 6.33 Å². The van der Waals surface area contributed by atoms with Crippen LogP contribution in [0.5, 0.6) is 11.5 Å². The van der Waals surface area contributed by atoms with Crippen molar-refractivity contribution in [3.05, 3.63) is 60.2 Å². The fraction of sp³-hybridized carbons (Fsp3) is 0.200. The first-order valence-electron chi connectivity index (χ1n) is 8.86. The first kappa shape index (κ1) is 17.0. The van der Waals surface area contributed by atoms with E-state index in [0.29, 0.717) is 18.2 Å². The largest absolute Gasteiger partial charge is 0.485 e. The van der Waals surface area contributed by atoms with E-state index < -0.39 is 0 Å². The lowest BCUT2D eigenvalue weighted by Crippen LogP contribution is -2.24. The van der Waals surface area contributed by atoms with Gasteiger partial charge >= 0.3 is 0 Å². The molecule has 1 aliphatic rings. The number of para-hydroxylation sites is 2. The van der Waals surface area contributed by atoms with Gasteiger partial charge in [-0.3, -0.25) is 0 Å². The Morgan fingerprint density at radius 3 is 2.82 bits per heavy atom. The maximum absolute atomic E-state index is 6.07. The van der Waals surface area contributed by atoms with Gasteiger partial charge in [0.1, 0.15) is 18.0 Å². The number of aryl methyl sites for hydroxylation is 1. The second-order valence-corrected chi connectivity index (χ2v) is 7.52. The van der Waals surface area contributed by atoms with Crippen LogP contribution in [0.25, 0.3) is 10.9 Å². The molecule has 1 atom stereocenters. The molecule has 4 aromatic rings. The number of nitrogens with zero attached hydrogens (tertiary/aromatic N) is 5. The fourth-order valence-electron chi connectivity index (χ4n) is 3.16. The maximum atomic E-state index is 6.07. The summed E-state index contributed by atoms with van der Waals surface area (Å²) < 4.78 is 13.8. The highest BCUT2D eigenvalue weighted by Gasteiger charge is 2.27. The van der Waals surface area contributed by atoms with Crippen LogP contribution in [-0.4, -0.2) is 31.3 Å². The molecule has 0 radical (unpaired) electrons. The number of hydrogen-bond acceptors (Lipinski definition) is 7. The Labute approximate surface area is 165 Å². The van der Waals surface area contributed by atoms with Crippen molar-refractivity contribution in [1.29, 1.82) is 0 Å². The van der Waals surface area contributed by atoms with Crippen LogP contribution >= 0.6 is 11.8 Å². The summed E-state index contributed by atoms with van der Waals surface area (Å²) in [5.41, 5.74) is 2.07. The van der Waals surface area contributed by atoms with Gasteiger partial charge in [-0.2, -0.15) is 0 Å². The normalized spacial score (nSPS) is 15.7. The molecule has 5 rings (SSSR count). The van der Waals surface area contributed by atoms with Crippen molar-refractivity contribution in [3.63, 3.8) is 0 Å². The van der Waals surface area contributed by atoms with Crippen molar-refractivity contribution in [2.45, 2.75) is 23.2 Å². The molecule has 3 heterocycles. The van der Waals surface area contributed by atoms with Crippen LogP contribution in [-0.2, 0) is 7.05 Å². The van der Waals surface area contributed by atoms with Gasteiger partial charge in [-0.05, 0) is 43.0 Å². The summed E-state index contributed by atoms with van der Waals surface area (Å²) in [6.07, 6.45) is 1.26. The molecule has 0 spiro atoms. The maximum Gasteiger partial charge on any atom is 0.197 e. The third-order valence-corrected chi connectivity index (χ3v) is 5.66. The molecule has 0 saturated carbocycles. The summed E-state index contributed by atoms with van der Waals surface area (Å²) in [4.78, 5) is 8.79. The van der Waals surface area contributed by atoms with Crippen molar-refractivity contribution in [3.8, 4) is 11.5 Å². The van der Waals surface area contributed by atoms with Gasteiger partial charge in [0.2, 0.25) is 0 Å². The Hall–Kier alpha value is -3.13. The van der Waals surface area contributed by atoms with Crippen molar-refractivity contribution in [2.24, 2.45) is 7.05 Å². The molecule has 1 unspecified atom stereocenters. The van der Waals surface area contributed by atoms with E-state index >= 15 is 0 Å². The summed E-state index contributed by atoms with van der Waals surface area (Å²) in [5, 5.41) is 11.3. The molecule has 0 amide bonds. The van der Waals surface area contributed by atoms with E-state index in [2.05, 4.69) is 33.2 Å². The molecule has 7 nitrogen and oxygen atoms in total. The molecule has 0 saturated heterocycles. The predicted molar refractivity (Wildman–Crippen MR) is 105 cm³/mol. The molecular weight excluding hydrogens is 374 g/mol. The molecule has 8 heteroatoms. The fourth-order valence-corrected chi connectivity index (χ4v) is 4.02. The third-order valence-electron chi connectivity index (χ3n) is 4.61. The second-order valence-electron chi connectivity index (χ2n) is 6.57. The zero-order valence-corrected chi connectivity index (χ0v) is 16.2. The average Bonchev–Trinajstić information content (AvgIpc) is 3.08. The molecule has 2 aromatic heterocycles. The number of benzene rings is 2. The van der Waals surface area contributed by atoms with E-state index in [-0.39, 0.29) is 6.10 Å². The van der Waals surface area contributed by atoms with E-state index in [1.807, 2.05) is 48.0 Å². The number of fused-ring (bicyclic) bond motifs is 2. The highest BCUT2D eigenvalue weighted by Crippen LogP contribution is 2.36. The predicted octanol–water partition coefficient (Wildman–Crippen LogP) is 3.73. The number of ether oxygens (including phenoxy) is 2. The highest BCUT2D eigenvalue weighted by molar-refractivity contribution is 7.99. The first-order valence-corrected chi connectivity index (χ1v) is 9.67. The van der Waals surface area contributed by atoms with Gasteiger partial charge in [0.15, 0.2) is 28.6 Å². The van der Waals surface area contributed by atoms with Crippen LogP contribution in [0.3, 0.4) is 0 Å². The summed E-state index contributed by atoms with van der Waals surface area (Å²) in [7, 11) is 1.93. The topological polar surface area (TPSA) is 75.0 Å². The van der Waals surface area contributed by atoms with Crippen LogP contribution in [0.15, 0.2) is 59.0 Å². The van der Waals surface area contributed by atoms with Gasteiger partial charge in [0.05, 0.1) is 5.52 Å². The molecule has 0 bridgehead atoms. The van der Waals surface area contributed by atoms with Crippen LogP contribution in [0.4, 0.5) is 0 Å². The molecule has 0 aliphatic carbocycles. The Kier molecular flexibility index (Phi) is 4.12. The molecule has 0 N–H and O–H groups in total. The zero-order valence-electron chi connectivity index (χ0n) is 15.4. The first-order chi connectivity index (χ1) is 13.7. The highest BCUT2D eigenvalue weighted by atomic mass is 32.2. The minimum Gasteiger partial charge on any atom is -0.485 e. The lowest BCUT2D eigenvalue weighted by atomic mass is 10.2. The molecule has 0 fully saturated rings. The van der Waals surface area contributed by atoms with Crippen LogP contribution in [0.1, 0.15) is 17.5 Å². The standard InChI is InChI=1S/C20H17N5O2S/c1-12-7-8-14-13(9-12)19(22-11-21-14)28-20-24-23-18(25(20)2)17-10-26-15-5-3-4-6-16(15)27-17/h3-9,11,17H,10H2,1-2H3. The van der Waals surface area contributed by atoms with Crippen molar-refractivity contribution >= 4 is 22.7 Å². The lowest BCUT2D eigenvalue weighted by Gasteiger charge is -2.25. The SMILES string of the molecule is Cc1ccc2ncnc(Sc3nnc(C4COc5ccccc5O4)n3C)c2c1. The zero-order chi connectivity index (χ0) is 19.1. The number of hydrogen-bond donors (Lipinski definition) is 0. The second kappa shape index (κ2) is 6.79. The number of aromatic nitrogens is 5. The van der Waals surface area contributed by atoms with Gasteiger partial charge in [0.25, 0.3) is 0 Å². The van der Waals surface area contributed by atoms with Gasteiger partial charge in [-0.1, -0.05) is 23.8 Å². The molecule has 140 valence electrons. The smallest absolute Gasteiger partial charge is 0.197 e. The third kappa shape index (κ3) is 2.95. The van der Waals surface area contributed by atoms with Crippen LogP contribution < -0.4 is 9.47 Å². The summed E-state index contributed by atoms with van der Waals surface area (Å²) in [6.45, 7) is 2.45. The minimum atomic E-state index is -0.314. The molecule has 2 aromatic carbocycles. The van der Waals surface area contributed by atoms with Crippen LogP contribution in [0, 0.1) is 6.92 Å². The van der Waals surface area contributed by atoms with E-state index in [9.17, 15) is 0 Å². The van der Waals surface area contributed by atoms with Gasteiger partial charge < -0.3 is 14.0 Å². The Morgan fingerprint density at radius 2 is 1.93 bits per heavy atom. The Balaban J connectivity index is 1.45. The number of rotatable bonds is 3. The Morgan fingerprint density at radius 1 is 1.07 bits per heavy atom. The van der Waals surface area contributed by atoms with Crippen molar-refractivity contribution in [2.75, 3.05) is 6.61 Å². The average molecular weight is 391 g/mol. The quantitative estimate of drug-likeness (QED) is 0.493. The summed E-state index contributed by atoms with van der Waals surface area (Å²) >= 11 is 1.46. The van der Waals surface area contributed by atoms with Crippen molar-refractivity contribution < 1.29 is 9.47 Å². The lowest BCUT2D eigenvalue weighted by molar-refractivity contribution is 0.0825. The van der Waals surface area contributed by atoms with Gasteiger partial charge in [0, 0.05) is 12.4 Å². The summed E-state index contributed by atoms with van der Waals surface area (Å²) in [5.74, 6) is 2.18. The van der Waals surface area contributed by atoms with Gasteiger partial charge in [-0.15, -0.1) is 10.2 Å². The monoisotopic (exact) mass is 391 g/mol. The van der Waals surface area contributed by atoms with Gasteiger partial charge in [-0.25, -0.2) is 9.97 Å².